The maximum Gasteiger partial charge on any atom is 0.167 e. The second kappa shape index (κ2) is 4.24. The number of rotatable bonds is 4. The maximum absolute atomic E-state index is 8.66. The third kappa shape index (κ3) is 1.77. The first kappa shape index (κ1) is 9.21. The van der Waals surface area contributed by atoms with E-state index in [0.717, 1.165) is 35.9 Å². The van der Waals surface area contributed by atoms with E-state index in [0.29, 0.717) is 0 Å². The van der Waals surface area contributed by atoms with E-state index in [4.69, 9.17) is 9.63 Å². The number of aryl methyl sites for hydroxylation is 1. The molecule has 1 aromatic carbocycles. The predicted molar refractivity (Wildman–Crippen MR) is 54.0 cm³/mol. The molecule has 0 bridgehead atoms. The van der Waals surface area contributed by atoms with Gasteiger partial charge >= 0.3 is 0 Å². The summed E-state index contributed by atoms with van der Waals surface area (Å²) >= 11 is 0. The lowest BCUT2D eigenvalue weighted by molar-refractivity contribution is 0.284. The molecule has 1 heterocycles. The van der Waals surface area contributed by atoms with Crippen molar-refractivity contribution in [2.24, 2.45) is 0 Å². The normalized spacial score (nSPS) is 10.9. The fraction of sp³-hybridized carbons (Fsp3) is 0.364. The summed E-state index contributed by atoms with van der Waals surface area (Å²) in [5.41, 5.74) is 1.83. The summed E-state index contributed by atoms with van der Waals surface area (Å²) in [6.07, 6.45) is 2.64. The summed E-state index contributed by atoms with van der Waals surface area (Å²) in [5.74, 6) is 0. The number of para-hydroxylation sites is 1. The molecule has 0 radical (unpaired) electrons. The van der Waals surface area contributed by atoms with Crippen LogP contribution in [0.5, 0.6) is 0 Å². The third-order valence-electron chi connectivity index (χ3n) is 2.27. The fourth-order valence-electron chi connectivity index (χ4n) is 1.52. The van der Waals surface area contributed by atoms with E-state index in [2.05, 4.69) is 5.16 Å². The molecule has 74 valence electrons. The van der Waals surface area contributed by atoms with Gasteiger partial charge in [-0.15, -0.1) is 0 Å². The number of hydrogen-bond acceptors (Lipinski definition) is 3. The zero-order valence-corrected chi connectivity index (χ0v) is 7.94. The minimum absolute atomic E-state index is 0.246. The van der Waals surface area contributed by atoms with E-state index in [1.54, 1.807) is 0 Å². The number of aromatic nitrogens is 1. The summed E-state index contributed by atoms with van der Waals surface area (Å²) in [5, 5.41) is 13.8. The minimum Gasteiger partial charge on any atom is -0.396 e. The molecule has 0 amide bonds. The van der Waals surface area contributed by atoms with E-state index >= 15 is 0 Å². The average molecular weight is 191 g/mol. The zero-order chi connectivity index (χ0) is 9.80. The van der Waals surface area contributed by atoms with Crippen LogP contribution in [0.1, 0.15) is 18.5 Å². The molecule has 3 heteroatoms. The molecular formula is C11H13NO2. The molecule has 1 aromatic heterocycles. The van der Waals surface area contributed by atoms with Crippen LogP contribution in [0.3, 0.4) is 0 Å². The summed E-state index contributed by atoms with van der Waals surface area (Å²) in [4.78, 5) is 0. The van der Waals surface area contributed by atoms with Gasteiger partial charge in [-0.2, -0.15) is 0 Å². The number of aliphatic hydroxyl groups excluding tert-OH is 1. The molecule has 0 aliphatic rings. The second-order valence-electron chi connectivity index (χ2n) is 3.31. The molecule has 3 nitrogen and oxygen atoms in total. The largest absolute Gasteiger partial charge is 0.396 e. The summed E-state index contributed by atoms with van der Waals surface area (Å²) in [7, 11) is 0. The van der Waals surface area contributed by atoms with Gasteiger partial charge in [0, 0.05) is 12.0 Å². The Hall–Kier alpha value is -1.35. The fourth-order valence-corrected chi connectivity index (χ4v) is 1.52. The van der Waals surface area contributed by atoms with Gasteiger partial charge in [-0.1, -0.05) is 17.3 Å². The molecule has 0 unspecified atom stereocenters. The van der Waals surface area contributed by atoms with Crippen molar-refractivity contribution in [1.82, 2.24) is 5.16 Å². The van der Waals surface area contributed by atoms with Gasteiger partial charge in [0.2, 0.25) is 0 Å². The number of unbranched alkanes of at least 4 members (excludes halogenated alkanes) is 1. The number of benzene rings is 1. The monoisotopic (exact) mass is 191 g/mol. The van der Waals surface area contributed by atoms with Gasteiger partial charge in [0.15, 0.2) is 5.58 Å². The second-order valence-corrected chi connectivity index (χ2v) is 3.31. The lowest BCUT2D eigenvalue weighted by Crippen LogP contribution is -1.88. The Balaban J connectivity index is 2.17. The molecule has 0 spiro atoms. The third-order valence-corrected chi connectivity index (χ3v) is 2.27. The molecule has 0 aliphatic heterocycles. The highest BCUT2D eigenvalue weighted by molar-refractivity contribution is 5.79. The van der Waals surface area contributed by atoms with Gasteiger partial charge in [0.05, 0.1) is 5.69 Å². The van der Waals surface area contributed by atoms with Crippen LogP contribution < -0.4 is 0 Å². The van der Waals surface area contributed by atoms with Crippen LogP contribution in [0, 0.1) is 0 Å². The van der Waals surface area contributed by atoms with Gasteiger partial charge in [-0.05, 0) is 31.4 Å². The quantitative estimate of drug-likeness (QED) is 0.753. The minimum atomic E-state index is 0.246. The average Bonchev–Trinajstić information content (AvgIpc) is 2.63. The van der Waals surface area contributed by atoms with Crippen LogP contribution in [0.25, 0.3) is 11.0 Å². The lowest BCUT2D eigenvalue weighted by Gasteiger charge is -1.94. The van der Waals surface area contributed by atoms with Crippen LogP contribution in [0.15, 0.2) is 28.8 Å². The highest BCUT2D eigenvalue weighted by Gasteiger charge is 2.05. The summed E-state index contributed by atoms with van der Waals surface area (Å²) in [6.45, 7) is 0.246. The van der Waals surface area contributed by atoms with Gasteiger partial charge in [0.25, 0.3) is 0 Å². The topological polar surface area (TPSA) is 46.3 Å². The van der Waals surface area contributed by atoms with Crippen LogP contribution in [-0.2, 0) is 6.42 Å². The van der Waals surface area contributed by atoms with E-state index in [1.165, 1.54) is 0 Å². The molecular weight excluding hydrogens is 178 g/mol. The zero-order valence-electron chi connectivity index (χ0n) is 7.94. The molecule has 2 aromatic rings. The molecule has 14 heavy (non-hydrogen) atoms. The molecule has 0 fully saturated rings. The molecule has 0 atom stereocenters. The number of nitrogens with zero attached hydrogens (tertiary/aromatic N) is 1. The van der Waals surface area contributed by atoms with Gasteiger partial charge in [-0.25, -0.2) is 0 Å². The molecule has 0 saturated heterocycles. The Morgan fingerprint density at radius 1 is 1.21 bits per heavy atom. The summed E-state index contributed by atoms with van der Waals surface area (Å²) < 4.78 is 5.17. The van der Waals surface area contributed by atoms with Crippen molar-refractivity contribution in [3.05, 3.63) is 30.0 Å². The van der Waals surface area contributed by atoms with Crippen LogP contribution in [0.2, 0.25) is 0 Å². The first-order valence-corrected chi connectivity index (χ1v) is 4.86. The Morgan fingerprint density at radius 3 is 2.93 bits per heavy atom. The first-order chi connectivity index (χ1) is 6.92. The van der Waals surface area contributed by atoms with Crippen LogP contribution in [-0.4, -0.2) is 16.9 Å². The van der Waals surface area contributed by atoms with Crippen LogP contribution >= 0.6 is 0 Å². The Labute approximate surface area is 82.3 Å². The van der Waals surface area contributed by atoms with Crippen LogP contribution in [0.4, 0.5) is 0 Å². The lowest BCUT2D eigenvalue weighted by atomic mass is 10.1. The van der Waals surface area contributed by atoms with E-state index in [9.17, 15) is 0 Å². The van der Waals surface area contributed by atoms with E-state index < -0.39 is 0 Å². The molecule has 1 N–H and O–H groups in total. The first-order valence-electron chi connectivity index (χ1n) is 4.86. The smallest absolute Gasteiger partial charge is 0.167 e. The summed E-state index contributed by atoms with van der Waals surface area (Å²) in [6, 6.07) is 7.85. The van der Waals surface area contributed by atoms with Crippen molar-refractivity contribution in [3.63, 3.8) is 0 Å². The van der Waals surface area contributed by atoms with E-state index in [1.807, 2.05) is 24.3 Å². The van der Waals surface area contributed by atoms with E-state index in [-0.39, 0.29) is 6.61 Å². The number of fused-ring (bicyclic) bond motifs is 1. The standard InChI is InChI=1S/C11H13NO2/c13-8-4-3-6-10-9-5-1-2-7-11(9)14-12-10/h1-2,5,7,13H,3-4,6,8H2. The number of hydrogen-bond donors (Lipinski definition) is 1. The van der Waals surface area contributed by atoms with Crippen molar-refractivity contribution in [3.8, 4) is 0 Å². The van der Waals surface area contributed by atoms with Gasteiger partial charge in [0.1, 0.15) is 0 Å². The highest BCUT2D eigenvalue weighted by atomic mass is 16.5. The maximum atomic E-state index is 8.66. The van der Waals surface area contributed by atoms with Crippen molar-refractivity contribution in [2.45, 2.75) is 19.3 Å². The molecule has 0 aliphatic carbocycles. The number of aliphatic hydroxyl groups is 1. The SMILES string of the molecule is OCCCCc1noc2ccccc12. The van der Waals surface area contributed by atoms with Crippen molar-refractivity contribution >= 4 is 11.0 Å². The Bertz CT molecular complexity index is 408. The molecule has 2 rings (SSSR count). The van der Waals surface area contributed by atoms with Gasteiger partial charge < -0.3 is 9.63 Å². The van der Waals surface area contributed by atoms with Gasteiger partial charge in [-0.3, -0.25) is 0 Å². The highest BCUT2D eigenvalue weighted by Crippen LogP contribution is 2.18. The van der Waals surface area contributed by atoms with Crippen molar-refractivity contribution in [2.75, 3.05) is 6.61 Å². The Kier molecular flexibility index (Phi) is 2.79. The predicted octanol–water partition coefficient (Wildman–Crippen LogP) is 2.14. The van der Waals surface area contributed by atoms with Crippen molar-refractivity contribution in [1.29, 1.82) is 0 Å². The Morgan fingerprint density at radius 2 is 2.07 bits per heavy atom. The molecule has 0 saturated carbocycles. The van der Waals surface area contributed by atoms with Crippen molar-refractivity contribution < 1.29 is 9.63 Å².